The van der Waals surface area contributed by atoms with Crippen molar-refractivity contribution in [1.29, 1.82) is 0 Å². The summed E-state index contributed by atoms with van der Waals surface area (Å²) >= 11 is 0. The van der Waals surface area contributed by atoms with Crippen LogP contribution in [0.15, 0.2) is 12.7 Å². The van der Waals surface area contributed by atoms with Gasteiger partial charge in [-0.3, -0.25) is 14.4 Å². The molecule has 0 aromatic heterocycles. The lowest BCUT2D eigenvalue weighted by Gasteiger charge is -2.26. The molecule has 0 aliphatic rings. The highest BCUT2D eigenvalue weighted by molar-refractivity contribution is 5.89. The summed E-state index contributed by atoms with van der Waals surface area (Å²) < 4.78 is 16.1. The van der Waals surface area contributed by atoms with Gasteiger partial charge in [0.05, 0.1) is 32.7 Å². The van der Waals surface area contributed by atoms with Gasteiger partial charge in [-0.2, -0.15) is 0 Å². The van der Waals surface area contributed by atoms with Crippen LogP contribution < -0.4 is 0 Å². The van der Waals surface area contributed by atoms with E-state index in [1.54, 1.807) is 0 Å². The van der Waals surface area contributed by atoms with E-state index in [0.717, 1.165) is 83.5 Å². The number of unbranched alkanes of at least 4 members (excludes halogenated alkanes) is 10. The molecule has 0 aromatic carbocycles. The Balaban J connectivity index is 4.91. The van der Waals surface area contributed by atoms with Crippen LogP contribution in [0.5, 0.6) is 0 Å². The Morgan fingerprint density at radius 2 is 0.970 bits per heavy atom. The van der Waals surface area contributed by atoms with E-state index in [1.165, 1.54) is 6.08 Å². The maximum Gasteiger partial charge on any atom is 0.317 e. The number of esters is 3. The lowest BCUT2D eigenvalue weighted by molar-refractivity contribution is -0.164. The zero-order valence-electron chi connectivity index (χ0n) is 21.5. The molecule has 0 fully saturated rings. The predicted molar refractivity (Wildman–Crippen MR) is 132 cm³/mol. The minimum Gasteiger partial charge on any atom is -0.466 e. The van der Waals surface area contributed by atoms with Gasteiger partial charge in [0, 0.05) is 0 Å². The third kappa shape index (κ3) is 15.6. The molecule has 0 radical (unpaired) electrons. The Bertz CT molecular complexity index is 545. The Hall–Kier alpha value is -1.85. The van der Waals surface area contributed by atoms with Crippen molar-refractivity contribution in [1.82, 2.24) is 0 Å². The first kappa shape index (κ1) is 31.1. The Morgan fingerprint density at radius 3 is 1.39 bits per heavy atom. The molecule has 0 aromatic rings. The van der Waals surface area contributed by atoms with E-state index in [4.69, 9.17) is 14.2 Å². The third-order valence-corrected chi connectivity index (χ3v) is 5.72. The first-order valence-corrected chi connectivity index (χ1v) is 13.1. The second-order valence-electron chi connectivity index (χ2n) is 8.83. The lowest BCUT2D eigenvalue weighted by Crippen LogP contribution is -2.37. The molecule has 0 saturated heterocycles. The van der Waals surface area contributed by atoms with Crippen LogP contribution in [0.2, 0.25) is 0 Å². The van der Waals surface area contributed by atoms with Gasteiger partial charge < -0.3 is 14.2 Å². The number of rotatable bonds is 22. The summed E-state index contributed by atoms with van der Waals surface area (Å²) in [6.45, 7) is 11.0. The zero-order chi connectivity index (χ0) is 24.8. The SMILES string of the molecule is C=CC(CC(=O)OCCCCC)(CC(=O)OCCCCCCC)C(=O)OCCCCCCC. The molecule has 1 atom stereocenters. The van der Waals surface area contributed by atoms with Crippen LogP contribution in [0.25, 0.3) is 0 Å². The second-order valence-corrected chi connectivity index (χ2v) is 8.83. The van der Waals surface area contributed by atoms with Crippen molar-refractivity contribution < 1.29 is 28.6 Å². The number of ether oxygens (including phenoxy) is 3. The molecule has 0 N–H and O–H groups in total. The van der Waals surface area contributed by atoms with E-state index in [9.17, 15) is 14.4 Å². The molecule has 6 heteroatoms. The standard InChI is InChI=1S/C27H48O6/c1-5-9-12-14-17-20-32-25(29)23-27(8-4,22-24(28)31-19-16-11-7-3)26(30)33-21-18-15-13-10-6-2/h8H,4-7,9-23H2,1-3H3. The highest BCUT2D eigenvalue weighted by Crippen LogP contribution is 2.32. The number of hydrogen-bond acceptors (Lipinski definition) is 6. The molecular weight excluding hydrogens is 420 g/mol. The van der Waals surface area contributed by atoms with Crippen LogP contribution in [0.4, 0.5) is 0 Å². The molecule has 0 aliphatic carbocycles. The van der Waals surface area contributed by atoms with Crippen molar-refractivity contribution in [3.8, 4) is 0 Å². The van der Waals surface area contributed by atoms with Crippen LogP contribution >= 0.6 is 0 Å². The summed E-state index contributed by atoms with van der Waals surface area (Å²) in [5, 5.41) is 0. The van der Waals surface area contributed by atoms with E-state index >= 15 is 0 Å². The van der Waals surface area contributed by atoms with Crippen molar-refractivity contribution in [2.45, 2.75) is 117 Å². The smallest absolute Gasteiger partial charge is 0.317 e. The Labute approximate surface area is 201 Å². The van der Waals surface area contributed by atoms with Crippen molar-refractivity contribution in [3.63, 3.8) is 0 Å². The van der Waals surface area contributed by atoms with E-state index < -0.39 is 23.3 Å². The van der Waals surface area contributed by atoms with E-state index in [-0.39, 0.29) is 19.4 Å². The van der Waals surface area contributed by atoms with Gasteiger partial charge >= 0.3 is 17.9 Å². The van der Waals surface area contributed by atoms with E-state index in [2.05, 4.69) is 27.4 Å². The minimum absolute atomic E-state index is 0.260. The van der Waals surface area contributed by atoms with Crippen molar-refractivity contribution in [2.24, 2.45) is 5.41 Å². The topological polar surface area (TPSA) is 78.9 Å². The molecule has 0 heterocycles. The average Bonchev–Trinajstić information content (AvgIpc) is 2.80. The summed E-state index contributed by atoms with van der Waals surface area (Å²) in [6, 6.07) is 0. The molecule has 0 bridgehead atoms. The predicted octanol–water partition coefficient (Wildman–Crippen LogP) is 6.70. The van der Waals surface area contributed by atoms with Crippen molar-refractivity contribution in [3.05, 3.63) is 12.7 Å². The molecule has 33 heavy (non-hydrogen) atoms. The van der Waals surface area contributed by atoms with Crippen molar-refractivity contribution >= 4 is 17.9 Å². The summed E-state index contributed by atoms with van der Waals surface area (Å²) in [5.74, 6) is -1.67. The highest BCUT2D eigenvalue weighted by atomic mass is 16.5. The average molecular weight is 469 g/mol. The van der Waals surface area contributed by atoms with Gasteiger partial charge in [0.1, 0.15) is 5.41 Å². The summed E-state index contributed by atoms with van der Waals surface area (Å²) in [4.78, 5) is 37.9. The molecule has 6 nitrogen and oxygen atoms in total. The lowest BCUT2D eigenvalue weighted by atomic mass is 9.81. The van der Waals surface area contributed by atoms with Gasteiger partial charge in [0.25, 0.3) is 0 Å². The molecule has 0 saturated carbocycles. The quantitative estimate of drug-likeness (QED) is 0.0761. The Morgan fingerprint density at radius 1 is 0.606 bits per heavy atom. The number of carbonyl (C=O) groups excluding carboxylic acids is 3. The van der Waals surface area contributed by atoms with E-state index in [1.807, 2.05) is 0 Å². The Kier molecular flexibility index (Phi) is 19.6. The van der Waals surface area contributed by atoms with Crippen LogP contribution in [-0.2, 0) is 28.6 Å². The van der Waals surface area contributed by atoms with Crippen LogP contribution in [0.1, 0.15) is 117 Å². The minimum atomic E-state index is -1.47. The van der Waals surface area contributed by atoms with Crippen LogP contribution in [0.3, 0.4) is 0 Å². The summed E-state index contributed by atoms with van der Waals surface area (Å²) in [7, 11) is 0. The van der Waals surface area contributed by atoms with Crippen molar-refractivity contribution in [2.75, 3.05) is 19.8 Å². The number of hydrogen-bond donors (Lipinski definition) is 0. The monoisotopic (exact) mass is 468 g/mol. The molecule has 0 aliphatic heterocycles. The normalized spacial score (nSPS) is 12.6. The highest BCUT2D eigenvalue weighted by Gasteiger charge is 2.42. The molecule has 0 spiro atoms. The second kappa shape index (κ2) is 20.7. The third-order valence-electron chi connectivity index (χ3n) is 5.72. The summed E-state index contributed by atoms with van der Waals surface area (Å²) in [6.07, 6.45) is 13.9. The van der Waals surface area contributed by atoms with Crippen LogP contribution in [0, 0.1) is 5.41 Å². The molecular formula is C27H48O6. The fourth-order valence-corrected chi connectivity index (χ4v) is 3.50. The maximum atomic E-state index is 13.0. The first-order chi connectivity index (χ1) is 16.0. The fraction of sp³-hybridized carbons (Fsp3) is 0.815. The number of carbonyl (C=O) groups is 3. The summed E-state index contributed by atoms with van der Waals surface area (Å²) in [5.41, 5.74) is -1.47. The fourth-order valence-electron chi connectivity index (χ4n) is 3.50. The van der Waals surface area contributed by atoms with Gasteiger partial charge in [-0.1, -0.05) is 91.1 Å². The van der Waals surface area contributed by atoms with Gasteiger partial charge in [0.2, 0.25) is 0 Å². The van der Waals surface area contributed by atoms with Gasteiger partial charge in [-0.05, 0) is 19.3 Å². The van der Waals surface area contributed by atoms with Gasteiger partial charge in [-0.15, -0.1) is 6.58 Å². The molecule has 192 valence electrons. The molecule has 1 unspecified atom stereocenters. The first-order valence-electron chi connectivity index (χ1n) is 13.1. The molecule has 0 amide bonds. The maximum absolute atomic E-state index is 13.0. The van der Waals surface area contributed by atoms with Gasteiger partial charge in [0.15, 0.2) is 0 Å². The van der Waals surface area contributed by atoms with Crippen LogP contribution in [-0.4, -0.2) is 37.7 Å². The van der Waals surface area contributed by atoms with Gasteiger partial charge in [-0.25, -0.2) is 0 Å². The zero-order valence-corrected chi connectivity index (χ0v) is 21.5. The molecule has 0 rings (SSSR count). The van der Waals surface area contributed by atoms with E-state index in [0.29, 0.717) is 13.2 Å². The largest absolute Gasteiger partial charge is 0.466 e.